The van der Waals surface area contributed by atoms with E-state index in [1.54, 1.807) is 36.1 Å². The van der Waals surface area contributed by atoms with E-state index in [9.17, 15) is 19.2 Å². The molecule has 0 aliphatic carbocycles. The van der Waals surface area contributed by atoms with Gasteiger partial charge in [-0.1, -0.05) is 47.5 Å². The van der Waals surface area contributed by atoms with Gasteiger partial charge < -0.3 is 10.2 Å². The van der Waals surface area contributed by atoms with E-state index in [4.69, 9.17) is 0 Å². The van der Waals surface area contributed by atoms with Crippen LogP contribution >= 0.6 is 0 Å². The number of amides is 5. The zero-order valence-corrected chi connectivity index (χ0v) is 19.1. The van der Waals surface area contributed by atoms with Gasteiger partial charge >= 0.3 is 6.03 Å². The fourth-order valence-electron chi connectivity index (χ4n) is 4.57. The molecule has 8 heteroatoms. The van der Waals surface area contributed by atoms with Gasteiger partial charge in [0, 0.05) is 18.7 Å². The van der Waals surface area contributed by atoms with Crippen molar-refractivity contribution in [2.24, 2.45) is 5.92 Å². The summed E-state index contributed by atoms with van der Waals surface area (Å²) in [7, 11) is 0. The molecule has 0 radical (unpaired) electrons. The summed E-state index contributed by atoms with van der Waals surface area (Å²) in [6.45, 7) is 6.29. The van der Waals surface area contributed by atoms with Crippen molar-refractivity contribution in [3.63, 3.8) is 0 Å². The molecule has 2 atom stereocenters. The Hall–Kier alpha value is -3.68. The highest BCUT2D eigenvalue weighted by Gasteiger charge is 2.50. The zero-order chi connectivity index (χ0) is 23.8. The van der Waals surface area contributed by atoms with Gasteiger partial charge in [-0.25, -0.2) is 4.79 Å². The van der Waals surface area contributed by atoms with Gasteiger partial charge in [-0.3, -0.25) is 19.8 Å². The predicted octanol–water partition coefficient (Wildman–Crippen LogP) is 2.65. The van der Waals surface area contributed by atoms with Crippen LogP contribution in [0, 0.1) is 19.8 Å². The summed E-state index contributed by atoms with van der Waals surface area (Å²) in [4.78, 5) is 53.2. The van der Waals surface area contributed by atoms with Gasteiger partial charge in [0.05, 0.1) is 5.92 Å². The second-order valence-corrected chi connectivity index (χ2v) is 9.00. The zero-order valence-electron chi connectivity index (χ0n) is 19.1. The number of likely N-dealkylation sites (tertiary alicyclic amines) is 1. The van der Waals surface area contributed by atoms with Crippen molar-refractivity contribution < 1.29 is 19.2 Å². The molecular formula is C25H28N4O4. The molecule has 0 bridgehead atoms. The molecule has 2 aliphatic heterocycles. The Bertz CT molecular complexity index is 1100. The average Bonchev–Trinajstić information content (AvgIpc) is 3.02. The van der Waals surface area contributed by atoms with Gasteiger partial charge in [-0.15, -0.1) is 0 Å². The lowest BCUT2D eigenvalue weighted by Gasteiger charge is -2.33. The highest BCUT2D eigenvalue weighted by molar-refractivity contribution is 6.08. The third-order valence-electron chi connectivity index (χ3n) is 6.31. The standard InChI is InChI=1S/C25H28N4O4/c1-16-12-17(2)14-19(13-16)22(31)28-11-7-8-18(15-28)21(30)27-29-23(32)25(3,26-24(29)33)20-9-5-4-6-10-20/h4-6,9-10,12-14,18H,7-8,11,15H2,1-3H3,(H,26,33)(H,27,30). The average molecular weight is 449 g/mol. The Kier molecular flexibility index (Phi) is 5.93. The molecule has 2 saturated heterocycles. The van der Waals surface area contributed by atoms with E-state index in [2.05, 4.69) is 10.7 Å². The maximum absolute atomic E-state index is 13.0. The molecule has 2 aromatic rings. The minimum absolute atomic E-state index is 0.119. The van der Waals surface area contributed by atoms with Gasteiger partial charge in [0.15, 0.2) is 0 Å². The van der Waals surface area contributed by atoms with Crippen LogP contribution in [0.25, 0.3) is 0 Å². The predicted molar refractivity (Wildman–Crippen MR) is 122 cm³/mol. The molecule has 8 nitrogen and oxygen atoms in total. The molecule has 172 valence electrons. The Labute approximate surface area is 192 Å². The number of hydrogen-bond acceptors (Lipinski definition) is 4. The number of imide groups is 1. The number of carbonyl (C=O) groups excluding carboxylic acids is 4. The molecule has 0 spiro atoms. The smallest absolute Gasteiger partial charge is 0.338 e. The SMILES string of the molecule is Cc1cc(C)cc(C(=O)N2CCCC(C(=O)NN3C(=O)NC(C)(c4ccccc4)C3=O)C2)c1. The highest BCUT2D eigenvalue weighted by atomic mass is 16.2. The van der Waals surface area contributed by atoms with E-state index in [1.807, 2.05) is 38.1 Å². The van der Waals surface area contributed by atoms with Crippen LogP contribution in [0.5, 0.6) is 0 Å². The minimum atomic E-state index is -1.26. The normalized spacial score (nSPS) is 22.8. The van der Waals surface area contributed by atoms with Gasteiger partial charge in [0.2, 0.25) is 5.91 Å². The first-order chi connectivity index (χ1) is 15.7. The van der Waals surface area contributed by atoms with Gasteiger partial charge in [0.25, 0.3) is 11.8 Å². The van der Waals surface area contributed by atoms with Crippen LogP contribution in [0.4, 0.5) is 4.79 Å². The number of benzene rings is 2. The molecule has 2 unspecified atom stereocenters. The first kappa shape index (κ1) is 22.5. The molecular weight excluding hydrogens is 420 g/mol. The fraction of sp³-hybridized carbons (Fsp3) is 0.360. The fourth-order valence-corrected chi connectivity index (χ4v) is 4.57. The van der Waals surface area contributed by atoms with Crippen LogP contribution in [-0.4, -0.2) is 46.8 Å². The largest absolute Gasteiger partial charge is 0.344 e. The van der Waals surface area contributed by atoms with E-state index in [-0.39, 0.29) is 12.5 Å². The minimum Gasteiger partial charge on any atom is -0.338 e. The first-order valence-corrected chi connectivity index (χ1v) is 11.1. The molecule has 2 fully saturated rings. The van der Waals surface area contributed by atoms with Crippen LogP contribution in [-0.2, 0) is 15.1 Å². The van der Waals surface area contributed by atoms with Crippen molar-refractivity contribution in [3.05, 3.63) is 70.8 Å². The van der Waals surface area contributed by atoms with E-state index < -0.39 is 29.3 Å². The Balaban J connectivity index is 1.44. The van der Waals surface area contributed by atoms with E-state index in [0.717, 1.165) is 16.1 Å². The molecule has 2 N–H and O–H groups in total. The van der Waals surface area contributed by atoms with Crippen LogP contribution in [0.15, 0.2) is 48.5 Å². The number of aryl methyl sites for hydroxylation is 2. The number of nitrogens with zero attached hydrogens (tertiary/aromatic N) is 2. The maximum Gasteiger partial charge on any atom is 0.344 e. The third kappa shape index (κ3) is 4.33. The topological polar surface area (TPSA) is 98.8 Å². The molecule has 4 rings (SSSR count). The summed E-state index contributed by atoms with van der Waals surface area (Å²) in [6.07, 6.45) is 1.23. The monoisotopic (exact) mass is 448 g/mol. The van der Waals surface area contributed by atoms with E-state index in [0.29, 0.717) is 30.5 Å². The van der Waals surface area contributed by atoms with Crippen molar-refractivity contribution in [2.45, 2.75) is 39.2 Å². The van der Waals surface area contributed by atoms with Crippen LogP contribution in [0.2, 0.25) is 0 Å². The molecule has 2 aromatic carbocycles. The summed E-state index contributed by atoms with van der Waals surface area (Å²) in [6, 6.07) is 13.9. The summed E-state index contributed by atoms with van der Waals surface area (Å²) < 4.78 is 0. The van der Waals surface area contributed by atoms with Crippen molar-refractivity contribution >= 4 is 23.8 Å². The van der Waals surface area contributed by atoms with Gasteiger partial charge in [0.1, 0.15) is 5.54 Å². The number of carbonyl (C=O) groups is 4. The second-order valence-electron chi connectivity index (χ2n) is 9.00. The number of piperidine rings is 1. The van der Waals surface area contributed by atoms with Gasteiger partial charge in [-0.2, -0.15) is 5.01 Å². The Morgan fingerprint density at radius 2 is 1.73 bits per heavy atom. The Morgan fingerprint density at radius 1 is 1.06 bits per heavy atom. The van der Waals surface area contributed by atoms with Crippen molar-refractivity contribution in [2.75, 3.05) is 13.1 Å². The molecule has 5 amide bonds. The third-order valence-corrected chi connectivity index (χ3v) is 6.31. The van der Waals surface area contributed by atoms with Crippen LogP contribution < -0.4 is 10.7 Å². The molecule has 2 aliphatic rings. The lowest BCUT2D eigenvalue weighted by molar-refractivity contribution is -0.141. The van der Waals surface area contributed by atoms with Crippen LogP contribution in [0.1, 0.15) is 46.8 Å². The van der Waals surface area contributed by atoms with E-state index >= 15 is 0 Å². The number of hydrazine groups is 1. The summed E-state index contributed by atoms with van der Waals surface area (Å²) in [5.74, 6) is -1.64. The number of nitrogens with one attached hydrogen (secondary N) is 2. The molecule has 33 heavy (non-hydrogen) atoms. The summed E-state index contributed by atoms with van der Waals surface area (Å²) in [5.41, 5.74) is 4.46. The summed E-state index contributed by atoms with van der Waals surface area (Å²) in [5, 5.41) is 3.42. The summed E-state index contributed by atoms with van der Waals surface area (Å²) >= 11 is 0. The number of urea groups is 1. The van der Waals surface area contributed by atoms with Crippen LogP contribution in [0.3, 0.4) is 0 Å². The first-order valence-electron chi connectivity index (χ1n) is 11.1. The lowest BCUT2D eigenvalue weighted by atomic mass is 9.92. The number of rotatable bonds is 4. The molecule has 0 saturated carbocycles. The molecule has 0 aromatic heterocycles. The Morgan fingerprint density at radius 3 is 2.39 bits per heavy atom. The quantitative estimate of drug-likeness (QED) is 0.703. The maximum atomic E-state index is 13.0. The molecule has 2 heterocycles. The highest BCUT2D eigenvalue weighted by Crippen LogP contribution is 2.28. The second kappa shape index (κ2) is 8.69. The van der Waals surface area contributed by atoms with E-state index in [1.165, 1.54) is 0 Å². The van der Waals surface area contributed by atoms with Crippen molar-refractivity contribution in [1.82, 2.24) is 20.7 Å². The van der Waals surface area contributed by atoms with Crippen molar-refractivity contribution in [3.8, 4) is 0 Å². The number of hydrogen-bond donors (Lipinski definition) is 2. The lowest BCUT2D eigenvalue weighted by Crippen LogP contribution is -2.52. The van der Waals surface area contributed by atoms with Crippen molar-refractivity contribution in [1.29, 1.82) is 0 Å². The van der Waals surface area contributed by atoms with Gasteiger partial charge in [-0.05, 0) is 51.3 Å².